The van der Waals surface area contributed by atoms with Gasteiger partial charge in [-0.25, -0.2) is 4.79 Å². The van der Waals surface area contributed by atoms with Crippen molar-refractivity contribution in [2.45, 2.75) is 32.4 Å². The molecule has 1 rings (SSSR count). The Labute approximate surface area is 124 Å². The van der Waals surface area contributed by atoms with E-state index in [1.54, 1.807) is 26.8 Å². The molecule has 1 amide bonds. The van der Waals surface area contributed by atoms with Crippen LogP contribution >= 0.6 is 0 Å². The van der Waals surface area contributed by atoms with Gasteiger partial charge in [0.25, 0.3) is 0 Å². The van der Waals surface area contributed by atoms with Crippen molar-refractivity contribution in [2.75, 3.05) is 14.2 Å². The van der Waals surface area contributed by atoms with E-state index in [0.29, 0.717) is 5.56 Å². The third kappa shape index (κ3) is 4.28. The van der Waals surface area contributed by atoms with Crippen LogP contribution in [0.1, 0.15) is 32.4 Å². The number of methoxy groups -OCH3 is 1. The van der Waals surface area contributed by atoms with Gasteiger partial charge in [-0.05, 0) is 38.5 Å². The number of amides is 1. The number of phenols is 1. The molecule has 0 bridgehead atoms. The molecule has 1 N–H and O–H groups in total. The van der Waals surface area contributed by atoms with Crippen LogP contribution in [0.2, 0.25) is 0 Å². The standard InChI is InChI=1S/C15H20N2O4/c1-15(2,3)21-14(19)17(4)11(9-16)10-6-7-12(18)13(8-10)20-5/h6-8,11,18H,1-5H3. The van der Waals surface area contributed by atoms with E-state index in [2.05, 4.69) is 0 Å². The first-order chi connectivity index (χ1) is 9.69. The number of nitriles is 1. The fourth-order valence-corrected chi connectivity index (χ4v) is 1.69. The summed E-state index contributed by atoms with van der Waals surface area (Å²) in [4.78, 5) is 13.2. The van der Waals surface area contributed by atoms with E-state index in [9.17, 15) is 15.2 Å². The zero-order chi connectivity index (χ0) is 16.2. The average Bonchev–Trinajstić information content (AvgIpc) is 2.39. The quantitative estimate of drug-likeness (QED) is 0.926. The second-order valence-corrected chi connectivity index (χ2v) is 5.55. The number of aromatic hydroxyl groups is 1. The van der Waals surface area contributed by atoms with Crippen molar-refractivity contribution < 1.29 is 19.4 Å². The Morgan fingerprint density at radius 1 is 1.43 bits per heavy atom. The number of nitrogens with zero attached hydrogens (tertiary/aromatic N) is 2. The molecule has 0 radical (unpaired) electrons. The Balaban J connectivity index is 3.03. The number of benzene rings is 1. The van der Waals surface area contributed by atoms with Crippen LogP contribution < -0.4 is 4.74 Å². The monoisotopic (exact) mass is 292 g/mol. The van der Waals surface area contributed by atoms with E-state index >= 15 is 0 Å². The molecule has 0 fully saturated rings. The van der Waals surface area contributed by atoms with Gasteiger partial charge in [0, 0.05) is 7.05 Å². The molecular formula is C15H20N2O4. The van der Waals surface area contributed by atoms with Crippen LogP contribution in [0.15, 0.2) is 18.2 Å². The maximum absolute atomic E-state index is 12.0. The van der Waals surface area contributed by atoms with E-state index in [1.165, 1.54) is 31.2 Å². The summed E-state index contributed by atoms with van der Waals surface area (Å²) in [7, 11) is 2.90. The van der Waals surface area contributed by atoms with E-state index in [1.807, 2.05) is 6.07 Å². The summed E-state index contributed by atoms with van der Waals surface area (Å²) in [5.74, 6) is 0.211. The first-order valence-electron chi connectivity index (χ1n) is 6.42. The van der Waals surface area contributed by atoms with Gasteiger partial charge in [-0.2, -0.15) is 5.26 Å². The van der Waals surface area contributed by atoms with Crippen molar-refractivity contribution in [3.63, 3.8) is 0 Å². The first-order valence-corrected chi connectivity index (χ1v) is 6.42. The summed E-state index contributed by atoms with van der Waals surface area (Å²) in [5, 5.41) is 18.9. The van der Waals surface area contributed by atoms with Crippen molar-refractivity contribution in [3.8, 4) is 17.6 Å². The molecule has 1 unspecified atom stereocenters. The van der Waals surface area contributed by atoms with E-state index in [4.69, 9.17) is 9.47 Å². The molecule has 1 atom stereocenters. The summed E-state index contributed by atoms with van der Waals surface area (Å²) < 4.78 is 10.2. The largest absolute Gasteiger partial charge is 0.504 e. The molecule has 21 heavy (non-hydrogen) atoms. The number of carbonyl (C=O) groups excluding carboxylic acids is 1. The lowest BCUT2D eigenvalue weighted by atomic mass is 10.1. The number of rotatable bonds is 3. The Kier molecular flexibility index (Phi) is 5.03. The summed E-state index contributed by atoms with van der Waals surface area (Å²) in [5.41, 5.74) is -0.113. The summed E-state index contributed by atoms with van der Waals surface area (Å²) >= 11 is 0. The van der Waals surface area contributed by atoms with Gasteiger partial charge in [0.15, 0.2) is 11.5 Å². The summed E-state index contributed by atoms with van der Waals surface area (Å²) in [6, 6.07) is 5.70. The fourth-order valence-electron chi connectivity index (χ4n) is 1.69. The zero-order valence-electron chi connectivity index (χ0n) is 12.9. The second kappa shape index (κ2) is 6.35. The predicted octanol–water partition coefficient (Wildman–Crippen LogP) is 2.83. The Bertz CT molecular complexity index is 558. The molecule has 1 aromatic rings. The zero-order valence-corrected chi connectivity index (χ0v) is 12.9. The van der Waals surface area contributed by atoms with Crippen molar-refractivity contribution in [1.82, 2.24) is 4.90 Å². The highest BCUT2D eigenvalue weighted by atomic mass is 16.6. The lowest BCUT2D eigenvalue weighted by Gasteiger charge is -2.27. The Morgan fingerprint density at radius 3 is 2.52 bits per heavy atom. The highest BCUT2D eigenvalue weighted by molar-refractivity contribution is 5.69. The number of carbonyl (C=O) groups is 1. The molecule has 0 aromatic heterocycles. The van der Waals surface area contributed by atoms with Gasteiger partial charge in [0.2, 0.25) is 0 Å². The van der Waals surface area contributed by atoms with Gasteiger partial charge in [0.1, 0.15) is 11.6 Å². The third-order valence-electron chi connectivity index (χ3n) is 2.71. The van der Waals surface area contributed by atoms with Crippen LogP contribution in [-0.4, -0.2) is 35.9 Å². The highest BCUT2D eigenvalue weighted by Crippen LogP contribution is 2.31. The average molecular weight is 292 g/mol. The summed E-state index contributed by atoms with van der Waals surface area (Å²) in [6.07, 6.45) is -0.596. The van der Waals surface area contributed by atoms with Gasteiger partial charge in [0.05, 0.1) is 13.2 Å². The molecule has 6 nitrogen and oxygen atoms in total. The maximum atomic E-state index is 12.0. The fraction of sp³-hybridized carbons (Fsp3) is 0.467. The molecule has 0 aliphatic rings. The van der Waals surface area contributed by atoms with Crippen molar-refractivity contribution in [2.24, 2.45) is 0 Å². The minimum absolute atomic E-state index is 0.0298. The molecule has 0 aliphatic heterocycles. The van der Waals surface area contributed by atoms with Crippen LogP contribution in [0.4, 0.5) is 4.79 Å². The molecule has 0 spiro atoms. The maximum Gasteiger partial charge on any atom is 0.411 e. The van der Waals surface area contributed by atoms with Crippen molar-refractivity contribution >= 4 is 6.09 Å². The number of hydrogen-bond acceptors (Lipinski definition) is 5. The predicted molar refractivity (Wildman–Crippen MR) is 77.0 cm³/mol. The van der Waals surface area contributed by atoms with Crippen LogP contribution in [0, 0.1) is 11.3 Å². The Morgan fingerprint density at radius 2 is 2.05 bits per heavy atom. The molecule has 6 heteroatoms. The van der Waals surface area contributed by atoms with Crippen LogP contribution in [0.5, 0.6) is 11.5 Å². The lowest BCUT2D eigenvalue weighted by Crippen LogP contribution is -2.36. The molecule has 0 heterocycles. The van der Waals surface area contributed by atoms with Gasteiger partial charge >= 0.3 is 6.09 Å². The minimum Gasteiger partial charge on any atom is -0.504 e. The van der Waals surface area contributed by atoms with E-state index < -0.39 is 17.7 Å². The van der Waals surface area contributed by atoms with Gasteiger partial charge in [-0.3, -0.25) is 4.90 Å². The first kappa shape index (κ1) is 16.6. The van der Waals surface area contributed by atoms with Gasteiger partial charge < -0.3 is 14.6 Å². The van der Waals surface area contributed by atoms with Crippen LogP contribution in [0.3, 0.4) is 0 Å². The summed E-state index contributed by atoms with van der Waals surface area (Å²) in [6.45, 7) is 5.26. The Hall–Kier alpha value is -2.42. The smallest absolute Gasteiger partial charge is 0.411 e. The van der Waals surface area contributed by atoms with E-state index in [0.717, 1.165) is 0 Å². The van der Waals surface area contributed by atoms with Gasteiger partial charge in [-0.1, -0.05) is 6.07 Å². The van der Waals surface area contributed by atoms with Crippen molar-refractivity contribution in [1.29, 1.82) is 5.26 Å². The molecule has 1 aromatic carbocycles. The molecule has 0 saturated heterocycles. The number of hydrogen-bond donors (Lipinski definition) is 1. The lowest BCUT2D eigenvalue weighted by molar-refractivity contribution is 0.0258. The second-order valence-electron chi connectivity index (χ2n) is 5.55. The SMILES string of the molecule is COc1cc(C(C#N)N(C)C(=O)OC(C)(C)C)ccc1O. The van der Waals surface area contributed by atoms with Crippen LogP contribution in [-0.2, 0) is 4.74 Å². The molecule has 0 saturated carbocycles. The number of ether oxygens (including phenoxy) is 2. The molecule has 0 aliphatic carbocycles. The van der Waals surface area contributed by atoms with Crippen LogP contribution in [0.25, 0.3) is 0 Å². The third-order valence-corrected chi connectivity index (χ3v) is 2.71. The normalized spacial score (nSPS) is 12.2. The van der Waals surface area contributed by atoms with E-state index in [-0.39, 0.29) is 11.5 Å². The van der Waals surface area contributed by atoms with Gasteiger partial charge in [-0.15, -0.1) is 0 Å². The van der Waals surface area contributed by atoms with Crippen molar-refractivity contribution in [3.05, 3.63) is 23.8 Å². The number of phenolic OH excluding ortho intramolecular Hbond substituents is 1. The highest BCUT2D eigenvalue weighted by Gasteiger charge is 2.27. The topological polar surface area (TPSA) is 82.8 Å². The molecule has 114 valence electrons. The molecular weight excluding hydrogens is 272 g/mol. The minimum atomic E-state index is -0.839.